The summed E-state index contributed by atoms with van der Waals surface area (Å²) in [5.41, 5.74) is -1.04. The summed E-state index contributed by atoms with van der Waals surface area (Å²) in [6.45, 7) is 0. The molecule has 80 valence electrons. The van der Waals surface area contributed by atoms with Gasteiger partial charge in [0, 0.05) is 0 Å². The summed E-state index contributed by atoms with van der Waals surface area (Å²) >= 11 is 0. The molecule has 0 aliphatic rings. The molecule has 0 bridgehead atoms. The maximum absolute atomic E-state index is 12.1. The Kier molecular flexibility index (Phi) is 4.81. The Hall–Kier alpha value is -0.0800. The van der Waals surface area contributed by atoms with Crippen LogP contribution in [0.4, 0.5) is 13.2 Å². The summed E-state index contributed by atoms with van der Waals surface area (Å²) in [5, 5.41) is 4.67. The van der Waals surface area contributed by atoms with Crippen molar-refractivity contribution in [3.8, 4) is 0 Å². The Balaban J connectivity index is 0.00000196. The number of benzene rings is 1. The summed E-state index contributed by atoms with van der Waals surface area (Å²) in [5.74, 6) is 0. The number of primary sulfonamides is 1. The first-order valence-corrected chi connectivity index (χ1v) is 4.96. The molecular weight excluding hydrogens is 242 g/mol. The molecule has 0 saturated heterocycles. The molecule has 8 heteroatoms. The number of halogens is 3. The second-order valence-corrected chi connectivity index (χ2v) is 4.13. The van der Waals surface area contributed by atoms with Crippen LogP contribution in [-0.4, -0.2) is 38.0 Å². The number of hydrogen-bond donors (Lipinski definition) is 1. The molecule has 0 radical (unpaired) electrons. The number of hydrogen-bond acceptors (Lipinski definition) is 2. The first kappa shape index (κ1) is 14.9. The van der Waals surface area contributed by atoms with Crippen molar-refractivity contribution < 1.29 is 21.6 Å². The van der Waals surface area contributed by atoms with Crippen LogP contribution < -0.4 is 5.14 Å². The van der Waals surface area contributed by atoms with Gasteiger partial charge in [-0.3, -0.25) is 0 Å². The van der Waals surface area contributed by atoms with Crippen molar-refractivity contribution in [3.05, 3.63) is 29.8 Å². The van der Waals surface area contributed by atoms with E-state index < -0.39 is 26.7 Å². The van der Waals surface area contributed by atoms with Gasteiger partial charge in [0.15, 0.2) is 0 Å². The molecule has 0 amide bonds. The van der Waals surface area contributed by atoms with Crippen LogP contribution in [0.3, 0.4) is 0 Å². The minimum atomic E-state index is -4.57. The molecule has 0 heterocycles. The van der Waals surface area contributed by atoms with E-state index in [-0.39, 0.29) is 29.6 Å². The zero-order chi connectivity index (χ0) is 11.0. The van der Waals surface area contributed by atoms with Crippen molar-refractivity contribution in [2.24, 2.45) is 5.14 Å². The van der Waals surface area contributed by atoms with Crippen LogP contribution in [0.5, 0.6) is 0 Å². The van der Waals surface area contributed by atoms with Gasteiger partial charge in [0.2, 0.25) is 10.0 Å². The zero-order valence-corrected chi connectivity index (χ0v) is 7.56. The van der Waals surface area contributed by atoms with E-state index in [2.05, 4.69) is 5.14 Å². The van der Waals surface area contributed by atoms with E-state index in [1.54, 1.807) is 0 Å². The van der Waals surface area contributed by atoms with Crippen molar-refractivity contribution in [3.63, 3.8) is 0 Å². The van der Waals surface area contributed by atoms with Gasteiger partial charge in [-0.25, -0.2) is 13.6 Å². The van der Waals surface area contributed by atoms with Gasteiger partial charge >= 0.3 is 35.7 Å². The Labute approximate surface area is 107 Å². The molecule has 0 spiro atoms. The van der Waals surface area contributed by atoms with Crippen LogP contribution in [0, 0.1) is 0 Å². The minimum absolute atomic E-state index is 0. The second kappa shape index (κ2) is 4.84. The van der Waals surface area contributed by atoms with Crippen molar-refractivity contribution >= 4 is 39.6 Å². The summed E-state index contributed by atoms with van der Waals surface area (Å²) in [7, 11) is -4.09. The zero-order valence-electron chi connectivity index (χ0n) is 6.75. The molecule has 0 saturated carbocycles. The van der Waals surface area contributed by atoms with Crippen LogP contribution in [0.2, 0.25) is 0 Å². The van der Waals surface area contributed by atoms with E-state index in [9.17, 15) is 21.6 Å². The molecular formula is C7H7F3NNaO2S. The van der Waals surface area contributed by atoms with E-state index >= 15 is 0 Å². The van der Waals surface area contributed by atoms with E-state index in [0.29, 0.717) is 6.07 Å². The van der Waals surface area contributed by atoms with Crippen LogP contribution in [0.25, 0.3) is 0 Å². The fourth-order valence-electron chi connectivity index (χ4n) is 0.849. The van der Waals surface area contributed by atoms with E-state index in [4.69, 9.17) is 0 Å². The normalized spacial score (nSPS) is 12.0. The van der Waals surface area contributed by atoms with Crippen molar-refractivity contribution in [1.29, 1.82) is 0 Å². The van der Waals surface area contributed by atoms with E-state index in [1.165, 1.54) is 0 Å². The van der Waals surface area contributed by atoms with E-state index in [1.807, 2.05) is 0 Å². The van der Waals surface area contributed by atoms with Gasteiger partial charge in [-0.2, -0.15) is 13.2 Å². The summed E-state index contributed by atoms with van der Waals surface area (Å²) < 4.78 is 57.8. The van der Waals surface area contributed by atoms with Crippen molar-refractivity contribution in [2.45, 2.75) is 11.1 Å². The molecule has 15 heavy (non-hydrogen) atoms. The Bertz CT molecular complexity index is 444. The molecule has 3 nitrogen and oxygen atoms in total. The van der Waals surface area contributed by atoms with Gasteiger partial charge in [-0.05, 0) is 18.2 Å². The number of rotatable bonds is 1. The monoisotopic (exact) mass is 249 g/mol. The topological polar surface area (TPSA) is 60.2 Å². The van der Waals surface area contributed by atoms with E-state index in [0.717, 1.165) is 18.2 Å². The first-order chi connectivity index (χ1) is 6.21. The maximum atomic E-state index is 12.1. The first-order valence-electron chi connectivity index (χ1n) is 3.41. The summed E-state index contributed by atoms with van der Waals surface area (Å²) in [6, 6.07) is 3.26. The van der Waals surface area contributed by atoms with Crippen LogP contribution in [0.1, 0.15) is 5.56 Å². The molecule has 0 aliphatic heterocycles. The van der Waals surface area contributed by atoms with Crippen LogP contribution in [-0.2, 0) is 16.2 Å². The average Bonchev–Trinajstić information content (AvgIpc) is 2.01. The van der Waals surface area contributed by atoms with Gasteiger partial charge < -0.3 is 0 Å². The predicted octanol–water partition coefficient (Wildman–Crippen LogP) is 0.704. The Morgan fingerprint density at radius 3 is 2.13 bits per heavy atom. The molecule has 0 atom stereocenters. The van der Waals surface area contributed by atoms with Gasteiger partial charge in [0.1, 0.15) is 0 Å². The summed E-state index contributed by atoms with van der Waals surface area (Å²) in [4.78, 5) is -0.549. The molecule has 0 aliphatic carbocycles. The molecule has 0 aromatic heterocycles. The third-order valence-electron chi connectivity index (χ3n) is 1.49. The number of alkyl halides is 3. The molecule has 0 unspecified atom stereocenters. The Morgan fingerprint density at radius 1 is 1.20 bits per heavy atom. The molecule has 2 N–H and O–H groups in total. The van der Waals surface area contributed by atoms with Gasteiger partial charge in [0.05, 0.1) is 10.5 Å². The van der Waals surface area contributed by atoms with Crippen LogP contribution >= 0.6 is 0 Å². The quantitative estimate of drug-likeness (QED) is 0.745. The summed E-state index contributed by atoms with van der Waals surface area (Å²) in [6.07, 6.45) is -4.57. The fraction of sp³-hybridized carbons (Fsp3) is 0.143. The number of sulfonamides is 1. The third kappa shape index (κ3) is 4.12. The molecule has 1 aromatic rings. The molecule has 0 fully saturated rings. The molecule has 1 aromatic carbocycles. The van der Waals surface area contributed by atoms with Gasteiger partial charge in [-0.15, -0.1) is 0 Å². The predicted molar refractivity (Wildman–Crippen MR) is 50.0 cm³/mol. The average molecular weight is 249 g/mol. The standard InChI is InChI=1S/C7H6F3NO2S.Na.H/c8-7(9,10)5-2-1-3-6(4-5)14(11,12)13;;/h1-4H,(H2,11,12,13);;. The van der Waals surface area contributed by atoms with Crippen molar-refractivity contribution in [2.75, 3.05) is 0 Å². The van der Waals surface area contributed by atoms with Crippen LogP contribution in [0.15, 0.2) is 29.2 Å². The fourth-order valence-corrected chi connectivity index (χ4v) is 1.41. The molecule has 1 rings (SSSR count). The SMILES string of the molecule is NS(=O)(=O)c1cccc(C(F)(F)F)c1.[NaH]. The Morgan fingerprint density at radius 2 is 1.73 bits per heavy atom. The van der Waals surface area contributed by atoms with Crippen molar-refractivity contribution in [1.82, 2.24) is 0 Å². The number of nitrogens with two attached hydrogens (primary N) is 1. The second-order valence-electron chi connectivity index (χ2n) is 2.57. The van der Waals surface area contributed by atoms with Gasteiger partial charge in [-0.1, -0.05) is 6.07 Å². The van der Waals surface area contributed by atoms with Gasteiger partial charge in [0.25, 0.3) is 0 Å². The third-order valence-corrected chi connectivity index (χ3v) is 2.40.